The van der Waals surface area contributed by atoms with Gasteiger partial charge in [-0.25, -0.2) is 4.68 Å². The summed E-state index contributed by atoms with van der Waals surface area (Å²) in [6.07, 6.45) is 0.261. The van der Waals surface area contributed by atoms with Crippen molar-refractivity contribution in [3.05, 3.63) is 24.3 Å². The van der Waals surface area contributed by atoms with E-state index >= 15 is 0 Å². The van der Waals surface area contributed by atoms with Gasteiger partial charge in [0.1, 0.15) is 0 Å². The van der Waals surface area contributed by atoms with Crippen LogP contribution in [0.1, 0.15) is 13.3 Å². The zero-order valence-electron chi connectivity index (χ0n) is 12.8. The number of anilines is 2. The molecule has 23 heavy (non-hydrogen) atoms. The van der Waals surface area contributed by atoms with Crippen LogP contribution in [0.3, 0.4) is 0 Å². The number of para-hydroxylation sites is 2. The first-order chi connectivity index (χ1) is 11.1. The number of nitrogens with one attached hydrogen (secondary N) is 1. The van der Waals surface area contributed by atoms with Crippen molar-refractivity contribution in [3.63, 3.8) is 0 Å². The molecule has 2 heterocycles. The van der Waals surface area contributed by atoms with Gasteiger partial charge in [-0.15, -0.1) is 5.10 Å². The third-order valence-electron chi connectivity index (χ3n) is 3.53. The van der Waals surface area contributed by atoms with Gasteiger partial charge in [0.05, 0.1) is 17.1 Å². The normalized spacial score (nSPS) is 17.4. The molecule has 2 aromatic rings. The first-order valence-electron chi connectivity index (χ1n) is 7.12. The molecule has 0 radical (unpaired) electrons. The fourth-order valence-corrected chi connectivity index (χ4v) is 3.22. The Morgan fingerprint density at radius 2 is 2.22 bits per heavy atom. The first-order valence-corrected chi connectivity index (χ1v) is 8.11. The van der Waals surface area contributed by atoms with Crippen LogP contribution in [-0.4, -0.2) is 43.8 Å². The van der Waals surface area contributed by atoms with Gasteiger partial charge in [0.25, 0.3) is 0 Å². The Balaban J connectivity index is 1.83. The Kier molecular flexibility index (Phi) is 4.28. The van der Waals surface area contributed by atoms with Crippen LogP contribution in [0.5, 0.6) is 0 Å². The lowest BCUT2D eigenvalue weighted by Gasteiger charge is -2.27. The number of nitrogens with zero attached hydrogens (tertiary/aromatic N) is 5. The molecule has 0 fully saturated rings. The largest absolute Gasteiger partial charge is 0.324 e. The smallest absolute Gasteiger partial charge is 0.237 e. The van der Waals surface area contributed by atoms with Crippen LogP contribution in [0.25, 0.3) is 0 Å². The minimum absolute atomic E-state index is 0.0885. The molecule has 1 aromatic heterocycles. The number of fused-ring (bicyclic) bond motifs is 1. The summed E-state index contributed by atoms with van der Waals surface area (Å²) >= 11 is 1.27. The first kappa shape index (κ1) is 15.5. The van der Waals surface area contributed by atoms with Crippen LogP contribution in [0.2, 0.25) is 0 Å². The van der Waals surface area contributed by atoms with E-state index in [4.69, 9.17) is 0 Å². The number of carbonyl (C=O) groups is 2. The molecule has 0 unspecified atom stereocenters. The minimum atomic E-state index is -0.218. The van der Waals surface area contributed by atoms with Crippen LogP contribution in [0.15, 0.2) is 29.4 Å². The number of tetrazole rings is 1. The fraction of sp³-hybridized carbons (Fsp3) is 0.357. The van der Waals surface area contributed by atoms with Crippen molar-refractivity contribution < 1.29 is 9.59 Å². The maximum absolute atomic E-state index is 12.7. The molecule has 0 saturated carbocycles. The number of thioether (sulfide) groups is 1. The highest BCUT2D eigenvalue weighted by Crippen LogP contribution is 2.32. The standard InChI is InChI=1S/C14H16N6O2S/c1-9-7-12(21)15-10-5-3-4-6-11(10)20(9)13(22)8-23-14-16-17-18-19(14)2/h3-6,9H,7-8H2,1-2H3,(H,15,21)/t9-/m0/s1. The van der Waals surface area contributed by atoms with Crippen LogP contribution >= 0.6 is 11.8 Å². The Labute approximate surface area is 137 Å². The van der Waals surface area contributed by atoms with Crippen molar-refractivity contribution in [2.75, 3.05) is 16.0 Å². The Morgan fingerprint density at radius 3 is 2.96 bits per heavy atom. The van der Waals surface area contributed by atoms with Crippen molar-refractivity contribution in [2.45, 2.75) is 24.5 Å². The van der Waals surface area contributed by atoms with Crippen LogP contribution in [0, 0.1) is 0 Å². The third kappa shape index (κ3) is 3.19. The number of hydrogen-bond acceptors (Lipinski definition) is 6. The molecule has 0 spiro atoms. The quantitative estimate of drug-likeness (QED) is 0.845. The second-order valence-corrected chi connectivity index (χ2v) is 6.20. The van der Waals surface area contributed by atoms with Crippen molar-refractivity contribution in [1.82, 2.24) is 20.2 Å². The molecular formula is C14H16N6O2S. The summed E-state index contributed by atoms with van der Waals surface area (Å²) in [5, 5.41) is 14.6. The molecule has 1 atom stereocenters. The van der Waals surface area contributed by atoms with Gasteiger partial charge >= 0.3 is 0 Å². The maximum atomic E-state index is 12.7. The van der Waals surface area contributed by atoms with Gasteiger partial charge in [-0.3, -0.25) is 9.59 Å². The molecule has 2 amide bonds. The van der Waals surface area contributed by atoms with Gasteiger partial charge in [0.2, 0.25) is 17.0 Å². The Morgan fingerprint density at radius 1 is 1.43 bits per heavy atom. The summed E-state index contributed by atoms with van der Waals surface area (Å²) in [6, 6.07) is 7.10. The second kappa shape index (κ2) is 6.37. The minimum Gasteiger partial charge on any atom is -0.324 e. The molecule has 9 heteroatoms. The van der Waals surface area contributed by atoms with E-state index in [1.807, 2.05) is 25.1 Å². The maximum Gasteiger partial charge on any atom is 0.237 e. The molecule has 1 N–H and O–H groups in total. The molecule has 0 aliphatic carbocycles. The lowest BCUT2D eigenvalue weighted by Crippen LogP contribution is -2.40. The van der Waals surface area contributed by atoms with E-state index in [2.05, 4.69) is 20.8 Å². The molecule has 120 valence electrons. The highest BCUT2D eigenvalue weighted by Gasteiger charge is 2.29. The van der Waals surface area contributed by atoms with Gasteiger partial charge in [-0.1, -0.05) is 23.9 Å². The highest BCUT2D eigenvalue weighted by atomic mass is 32.2. The number of hydrogen-bond donors (Lipinski definition) is 1. The Hall–Kier alpha value is -2.42. The number of benzene rings is 1. The van der Waals surface area contributed by atoms with E-state index in [1.54, 1.807) is 18.0 Å². The molecule has 0 bridgehead atoms. The van der Waals surface area contributed by atoms with Crippen molar-refractivity contribution in [1.29, 1.82) is 0 Å². The zero-order chi connectivity index (χ0) is 16.4. The molecule has 1 aromatic carbocycles. The highest BCUT2D eigenvalue weighted by molar-refractivity contribution is 7.99. The average molecular weight is 332 g/mol. The fourth-order valence-electron chi connectivity index (χ4n) is 2.51. The molecule has 1 aliphatic rings. The van der Waals surface area contributed by atoms with E-state index < -0.39 is 0 Å². The SMILES string of the molecule is C[C@H]1CC(=O)Nc2ccccc2N1C(=O)CSc1nnnn1C. The van der Waals surface area contributed by atoms with Crippen LogP contribution in [0.4, 0.5) is 11.4 Å². The monoisotopic (exact) mass is 332 g/mol. The molecule has 1 aliphatic heterocycles. The zero-order valence-corrected chi connectivity index (χ0v) is 13.6. The predicted octanol–water partition coefficient (Wildman–Crippen LogP) is 1.07. The number of amides is 2. The lowest BCUT2D eigenvalue weighted by atomic mass is 10.2. The molecule has 0 saturated heterocycles. The third-order valence-corrected chi connectivity index (χ3v) is 4.53. The number of rotatable bonds is 3. The van der Waals surface area contributed by atoms with E-state index in [0.717, 1.165) is 0 Å². The lowest BCUT2D eigenvalue weighted by molar-refractivity contribution is -0.117. The molecule has 8 nitrogen and oxygen atoms in total. The second-order valence-electron chi connectivity index (χ2n) is 5.26. The molecular weight excluding hydrogens is 316 g/mol. The topological polar surface area (TPSA) is 93.0 Å². The predicted molar refractivity (Wildman–Crippen MR) is 86.2 cm³/mol. The van der Waals surface area contributed by atoms with E-state index in [0.29, 0.717) is 16.5 Å². The van der Waals surface area contributed by atoms with Gasteiger partial charge in [0, 0.05) is 19.5 Å². The van der Waals surface area contributed by atoms with Gasteiger partial charge in [-0.05, 0) is 29.5 Å². The van der Waals surface area contributed by atoms with E-state index in [-0.39, 0.29) is 30.0 Å². The average Bonchev–Trinajstić information content (AvgIpc) is 2.86. The van der Waals surface area contributed by atoms with E-state index in [9.17, 15) is 9.59 Å². The van der Waals surface area contributed by atoms with Gasteiger partial charge in [0.15, 0.2) is 0 Å². The summed E-state index contributed by atoms with van der Waals surface area (Å²) in [7, 11) is 1.72. The van der Waals surface area contributed by atoms with Crippen molar-refractivity contribution in [2.24, 2.45) is 7.05 Å². The van der Waals surface area contributed by atoms with Gasteiger partial charge in [-0.2, -0.15) is 0 Å². The van der Waals surface area contributed by atoms with Crippen molar-refractivity contribution in [3.8, 4) is 0 Å². The Bertz CT molecular complexity index is 746. The van der Waals surface area contributed by atoms with Crippen LogP contribution < -0.4 is 10.2 Å². The summed E-state index contributed by atoms with van der Waals surface area (Å²) in [5.74, 6) is 0.0148. The van der Waals surface area contributed by atoms with Crippen LogP contribution in [-0.2, 0) is 16.6 Å². The number of aromatic nitrogens is 4. The summed E-state index contributed by atoms with van der Waals surface area (Å²) < 4.78 is 1.52. The number of aryl methyl sites for hydroxylation is 1. The number of carbonyl (C=O) groups excluding carboxylic acids is 2. The summed E-state index contributed by atoms with van der Waals surface area (Å²) in [6.45, 7) is 1.87. The van der Waals surface area contributed by atoms with E-state index in [1.165, 1.54) is 16.4 Å². The van der Waals surface area contributed by atoms with Crippen molar-refractivity contribution >= 4 is 35.0 Å². The summed E-state index contributed by atoms with van der Waals surface area (Å²) in [5.41, 5.74) is 1.37. The molecule has 3 rings (SSSR count). The van der Waals surface area contributed by atoms with Gasteiger partial charge < -0.3 is 10.2 Å². The summed E-state index contributed by atoms with van der Waals surface area (Å²) in [4.78, 5) is 26.3.